The quantitative estimate of drug-likeness (QED) is 0.172. The molecule has 7 atom stereocenters. The van der Waals surface area contributed by atoms with E-state index in [-0.39, 0.29) is 409 Å². The number of hydrogen-bond donors (Lipinski definition) is 1. The maximum Gasteiger partial charge on any atom is 0.231 e. The Morgan fingerprint density at radius 2 is 0.835 bits per heavy atom. The van der Waals surface area contributed by atoms with Crippen molar-refractivity contribution in [1.29, 1.82) is 0 Å². The molecule has 0 radical (unpaired) electrons. The molecule has 3 aliphatic heterocycles. The van der Waals surface area contributed by atoms with Crippen LogP contribution in [0.5, 0.6) is 28.7 Å². The Morgan fingerprint density at radius 3 is 1.32 bits per heavy atom. The average Bonchev–Trinajstić information content (AvgIpc) is 4.10. The maximum absolute atomic E-state index is 10.5. The smallest absolute Gasteiger partial charge is 0.231 e. The monoisotopic (exact) mass is 1410 g/mol. The zero-order valence-corrected chi connectivity index (χ0v) is 56.3. The van der Waals surface area contributed by atoms with E-state index in [0.717, 1.165) is 90.2 Å². The van der Waals surface area contributed by atoms with Crippen LogP contribution in [0.3, 0.4) is 0 Å². The Balaban J connectivity index is -0.000000958. The molecule has 8 aromatic rings. The topological polar surface area (TPSA) is 75.6 Å². The van der Waals surface area contributed by atoms with E-state index in [1.807, 2.05) is 68.4 Å². The van der Waals surface area contributed by atoms with Gasteiger partial charge in [0.05, 0.1) is 12.2 Å². The molecule has 79 heavy (non-hydrogen) atoms. The number of aryl methyl sites for hydroxylation is 3. The van der Waals surface area contributed by atoms with Crippen LogP contribution >= 0.6 is 46.2 Å². The van der Waals surface area contributed by atoms with Crippen molar-refractivity contribution in [1.82, 2.24) is 0 Å². The summed E-state index contributed by atoms with van der Waals surface area (Å²) in [4.78, 5) is 0. The SMILES string of the molecule is CC[C@@H]1OC(C)(C)O[C@H]1CP.Cc1ccc2c(c1-c1c(P)ccc3c1OCO3)OCO2.Cc1cccc(P)c1-c1c(C)cccc1P.Oc1ccc2ccccc2c1-c1c(P)ccc2ccccc12.[Ar].[Ar].[Ar].[Ar].[Ar].[Ar].[Ar].[Ar].[Ar].[Ar]. The van der Waals surface area contributed by atoms with E-state index in [4.69, 9.17) is 28.4 Å². The van der Waals surface area contributed by atoms with E-state index >= 15 is 0 Å². The van der Waals surface area contributed by atoms with Crippen molar-refractivity contribution in [3.63, 3.8) is 0 Å². The number of hydrogen-bond acceptors (Lipinski definition) is 7. The van der Waals surface area contributed by atoms with Gasteiger partial charge in [-0.25, -0.2) is 0 Å². The average molecular weight is 1410 g/mol. The number of rotatable bonds is 5. The van der Waals surface area contributed by atoms with Crippen molar-refractivity contribution in [3.05, 3.63) is 150 Å². The van der Waals surface area contributed by atoms with Gasteiger partial charge in [0.1, 0.15) is 5.75 Å². The molecule has 0 bridgehead atoms. The zero-order chi connectivity index (χ0) is 49.0. The van der Waals surface area contributed by atoms with Crippen molar-refractivity contribution < 1.29 is 411 Å². The van der Waals surface area contributed by atoms with Crippen LogP contribution in [0.15, 0.2) is 133 Å². The summed E-state index contributed by atoms with van der Waals surface area (Å²) >= 11 is 0. The minimum absolute atomic E-state index is 0. The molecular weight excluding hydrogens is 1350 g/mol. The van der Waals surface area contributed by atoms with E-state index in [2.05, 4.69) is 147 Å². The Morgan fingerprint density at radius 1 is 0.430 bits per heavy atom. The molecule has 0 amide bonds. The number of fused-ring (bicyclic) bond motifs is 4. The van der Waals surface area contributed by atoms with E-state index in [9.17, 15) is 5.11 Å². The summed E-state index contributed by atoms with van der Waals surface area (Å²) in [6.07, 6.45) is 2.53. The van der Waals surface area contributed by atoms with Crippen molar-refractivity contribution >= 4 is 89.0 Å². The van der Waals surface area contributed by atoms with Crippen molar-refractivity contribution in [2.75, 3.05) is 19.7 Å². The van der Waals surface area contributed by atoms with Crippen molar-refractivity contribution in [2.24, 2.45) is 0 Å². The minimum atomic E-state index is -0.373. The van der Waals surface area contributed by atoms with Crippen LogP contribution in [-0.2, 0) is 9.47 Å². The fraction of sp³-hybridized carbons (Fsp3) is 0.228. The summed E-state index contributed by atoms with van der Waals surface area (Å²) in [6.45, 7) is 13.0. The van der Waals surface area contributed by atoms with Crippen molar-refractivity contribution in [2.45, 2.75) is 66.0 Å². The first-order chi connectivity index (χ1) is 33.2. The molecule has 1 N–H and O–H groups in total. The van der Waals surface area contributed by atoms with Gasteiger partial charge in [-0.1, -0.05) is 122 Å². The summed E-state index contributed by atoms with van der Waals surface area (Å²) in [6, 6.07) is 45.1. The molecule has 22 heteroatoms. The molecule has 1 fully saturated rings. The van der Waals surface area contributed by atoms with Gasteiger partial charge < -0.3 is 33.5 Å². The van der Waals surface area contributed by atoms with Gasteiger partial charge in [0.2, 0.25) is 13.6 Å². The standard InChI is InChI=1S/C20H15OP.C15H13O4P.C14H16P2.C8H17O2P.10Ar/c21-17-11-9-13-5-1-3-7-15(13)19(17)20-16-8-4-2-6-14(16)10-12-18(20)22;1-8-2-3-9-14(18-6-16-9)12(8)13-11(20)5-4-10-15(13)19-7-17-10;1-9-5-3-7-11(15)13(9)14-10(2)6-4-8-12(14)16;1-4-6-7(5-11)10-8(2,3)9-6;;;;;;;;;;/h1-12,21H,22H2;2-5H,6-7,20H2,1H3;3-8H,15-16H2,1-2H3;6-7H,4-5,11H2,1-3H3;;;;;;;;;;/t;;;6-,7-;;;;;;;;;;/m...0........../s1. The van der Waals surface area contributed by atoms with Crippen LogP contribution in [0.25, 0.3) is 54.9 Å². The third-order valence-corrected chi connectivity index (χ3v) is 14.9. The number of phenolic OH excluding ortho intramolecular Hbond substituents is 1. The normalized spacial score (nSPS) is 14.0. The fourth-order valence-electron chi connectivity index (χ4n) is 9.24. The number of benzene rings is 8. The number of ether oxygens (including phenoxy) is 6. The van der Waals surface area contributed by atoms with Gasteiger partial charge in [0, 0.05) is 400 Å². The predicted molar refractivity (Wildman–Crippen MR) is 305 cm³/mol. The van der Waals surface area contributed by atoms with Crippen LogP contribution in [0.2, 0.25) is 0 Å². The van der Waals surface area contributed by atoms with Gasteiger partial charge in [-0.15, -0.1) is 46.2 Å². The van der Waals surface area contributed by atoms with Crippen LogP contribution in [0.1, 0.15) is 43.9 Å². The van der Waals surface area contributed by atoms with E-state index in [1.165, 1.54) is 38.2 Å². The third-order valence-electron chi connectivity index (χ3n) is 12.5. The molecule has 0 aromatic heterocycles. The molecule has 0 aliphatic carbocycles. The Hall–Kier alpha value is 7.95. The first-order valence-corrected chi connectivity index (χ1v) is 26.2. The largest absolute Gasteiger partial charge is 0.507 e. The van der Waals surface area contributed by atoms with Crippen LogP contribution in [-0.4, -0.2) is 42.8 Å². The van der Waals surface area contributed by atoms with Gasteiger partial charge in [-0.05, 0) is 136 Å². The fourth-order valence-corrected chi connectivity index (χ4v) is 11.4. The second kappa shape index (κ2) is 44.6. The molecule has 0 spiro atoms. The summed E-state index contributed by atoms with van der Waals surface area (Å²) < 4.78 is 33.6. The summed E-state index contributed by atoms with van der Waals surface area (Å²) in [5.74, 6) is 3.02. The van der Waals surface area contributed by atoms with Gasteiger partial charge in [0.15, 0.2) is 28.8 Å². The first kappa shape index (κ1) is 91.1. The molecule has 8 aromatic carbocycles. The molecular formula is C57H61Ar10O7P5. The molecule has 436 valence electrons. The first-order valence-electron chi connectivity index (χ1n) is 23.0. The summed E-state index contributed by atoms with van der Waals surface area (Å²) in [5, 5.41) is 19.7. The van der Waals surface area contributed by atoms with Gasteiger partial charge >= 0.3 is 0 Å². The molecule has 3 aliphatic rings. The van der Waals surface area contributed by atoms with E-state index < -0.39 is 0 Å². The van der Waals surface area contributed by atoms with Crippen molar-refractivity contribution in [3.8, 4) is 62.1 Å². The molecule has 0 saturated carbocycles. The minimum Gasteiger partial charge on any atom is -0.507 e. The maximum atomic E-state index is 10.5. The number of aromatic hydroxyl groups is 1. The third kappa shape index (κ3) is 23.7. The zero-order valence-electron chi connectivity index (χ0n) is 43.5. The number of phenols is 1. The Kier molecular flexibility index (Phi) is 51.4. The van der Waals surface area contributed by atoms with Gasteiger partial charge in [-0.3, -0.25) is 0 Å². The molecule has 11 rings (SSSR count). The summed E-state index contributed by atoms with van der Waals surface area (Å²) in [5.41, 5.74) is 10.4. The van der Waals surface area contributed by atoms with E-state index in [0.29, 0.717) is 5.75 Å². The molecule has 3 heterocycles. The van der Waals surface area contributed by atoms with Crippen LogP contribution in [0, 0.1) is 398 Å². The Labute approximate surface area is 779 Å². The second-order valence-corrected chi connectivity index (χ2v) is 20.6. The van der Waals surface area contributed by atoms with Gasteiger partial charge in [0.25, 0.3) is 0 Å². The molecule has 5 unspecified atom stereocenters. The van der Waals surface area contributed by atoms with Crippen LogP contribution in [0.4, 0.5) is 0 Å². The van der Waals surface area contributed by atoms with E-state index in [1.54, 1.807) is 6.07 Å². The molecule has 7 nitrogen and oxygen atoms in total. The molecule has 1 saturated heterocycles. The van der Waals surface area contributed by atoms with Gasteiger partial charge in [-0.2, -0.15) is 0 Å². The summed E-state index contributed by atoms with van der Waals surface area (Å²) in [7, 11) is 13.9. The predicted octanol–water partition coefficient (Wildman–Crippen LogP) is 12.2. The van der Waals surface area contributed by atoms with Crippen LogP contribution < -0.4 is 40.2 Å². The second-order valence-electron chi connectivity index (χ2n) is 17.6. The Bertz CT molecular complexity index is 2950.